The van der Waals surface area contributed by atoms with Crippen molar-refractivity contribution in [1.82, 2.24) is 14.7 Å². The molecule has 0 aliphatic rings. The van der Waals surface area contributed by atoms with Crippen molar-refractivity contribution >= 4 is 23.4 Å². The van der Waals surface area contributed by atoms with Crippen LogP contribution in [-0.2, 0) is 22.0 Å². The lowest BCUT2D eigenvalue weighted by atomic mass is 9.92. The smallest absolute Gasteiger partial charge is 0.322 e. The third-order valence-electron chi connectivity index (χ3n) is 4.73. The fourth-order valence-electron chi connectivity index (χ4n) is 2.91. The first-order valence-corrected chi connectivity index (χ1v) is 9.97. The van der Waals surface area contributed by atoms with Gasteiger partial charge in [-0.2, -0.15) is 5.10 Å². The number of rotatable bonds is 7. The summed E-state index contributed by atoms with van der Waals surface area (Å²) in [5.41, 5.74) is 3.55. The van der Waals surface area contributed by atoms with Crippen molar-refractivity contribution in [2.24, 2.45) is 7.05 Å². The fourth-order valence-corrected chi connectivity index (χ4v) is 2.91. The summed E-state index contributed by atoms with van der Waals surface area (Å²) in [6.07, 6.45) is 0. The highest BCUT2D eigenvalue weighted by atomic mass is 16.5. The Balaban J connectivity index is 2.08. The molecular weight excluding hydrogens is 382 g/mol. The Morgan fingerprint density at radius 3 is 2.43 bits per heavy atom. The number of aryl methyl sites for hydroxylation is 3. The van der Waals surface area contributed by atoms with Crippen molar-refractivity contribution in [2.45, 2.75) is 40.0 Å². The first-order chi connectivity index (χ1) is 14.0. The third kappa shape index (κ3) is 6.32. The van der Waals surface area contributed by atoms with Crippen LogP contribution in [0.1, 0.15) is 37.6 Å². The summed E-state index contributed by atoms with van der Waals surface area (Å²) >= 11 is 0. The second-order valence-electron chi connectivity index (χ2n) is 8.50. The Kier molecular flexibility index (Phi) is 7.61. The van der Waals surface area contributed by atoms with Gasteiger partial charge in [0, 0.05) is 37.9 Å². The summed E-state index contributed by atoms with van der Waals surface area (Å²) in [5, 5.41) is 10.2. The summed E-state index contributed by atoms with van der Waals surface area (Å²) in [4.78, 5) is 26.9. The molecule has 1 aromatic heterocycles. The molecule has 0 aliphatic heterocycles. The monoisotopic (exact) mass is 415 g/mol. The normalized spacial score (nSPS) is 11.3. The molecule has 8 heteroatoms. The van der Waals surface area contributed by atoms with Crippen molar-refractivity contribution in [3.05, 3.63) is 41.1 Å². The third-order valence-corrected chi connectivity index (χ3v) is 4.73. The molecule has 1 aromatic carbocycles. The van der Waals surface area contributed by atoms with Gasteiger partial charge in [0.25, 0.3) is 0 Å². The van der Waals surface area contributed by atoms with Gasteiger partial charge in [-0.1, -0.05) is 38.5 Å². The Bertz CT molecular complexity index is 899. The number of carbonyl (C=O) groups is 2. The highest BCUT2D eigenvalue weighted by Gasteiger charge is 2.22. The fraction of sp³-hybridized carbons (Fsp3) is 0.500. The van der Waals surface area contributed by atoms with E-state index in [1.54, 1.807) is 18.8 Å². The van der Waals surface area contributed by atoms with E-state index in [0.717, 1.165) is 22.5 Å². The van der Waals surface area contributed by atoms with Gasteiger partial charge in [0.05, 0.1) is 12.3 Å². The lowest BCUT2D eigenvalue weighted by Crippen LogP contribution is -2.42. The molecule has 2 rings (SSSR count). The van der Waals surface area contributed by atoms with Crippen LogP contribution in [0, 0.1) is 13.8 Å². The lowest BCUT2D eigenvalue weighted by molar-refractivity contribution is -0.116. The molecular formula is C22H33N5O3. The van der Waals surface area contributed by atoms with Gasteiger partial charge in [0.2, 0.25) is 5.91 Å². The van der Waals surface area contributed by atoms with Crippen LogP contribution < -0.4 is 10.6 Å². The number of urea groups is 1. The number of benzene rings is 1. The lowest BCUT2D eigenvalue weighted by Gasteiger charge is -2.23. The summed E-state index contributed by atoms with van der Waals surface area (Å²) < 4.78 is 6.74. The van der Waals surface area contributed by atoms with Gasteiger partial charge in [-0.25, -0.2) is 4.79 Å². The highest BCUT2D eigenvalue weighted by molar-refractivity contribution is 5.97. The molecule has 0 unspecified atom stereocenters. The van der Waals surface area contributed by atoms with E-state index in [0.29, 0.717) is 19.0 Å². The quantitative estimate of drug-likeness (QED) is 0.725. The summed E-state index contributed by atoms with van der Waals surface area (Å²) in [7, 11) is 3.34. The van der Waals surface area contributed by atoms with Gasteiger partial charge < -0.3 is 20.3 Å². The molecule has 0 bridgehead atoms. The maximum Gasteiger partial charge on any atom is 0.322 e. The SMILES string of the molecule is COCCN(CC(=O)Nc1cc(C(C)(C)C)nn1C)C(=O)Nc1ccc(C)cc1C. The summed E-state index contributed by atoms with van der Waals surface area (Å²) in [6.45, 7) is 10.6. The number of aromatic nitrogens is 2. The largest absolute Gasteiger partial charge is 0.383 e. The number of nitrogens with zero attached hydrogens (tertiary/aromatic N) is 3. The standard InChI is InChI=1S/C22H33N5O3/c1-15-8-9-17(16(2)12-15)23-21(29)27(10-11-30-7)14-20(28)24-19-13-18(22(3,4)5)25-26(19)6/h8-9,12-13H,10-11,14H2,1-7H3,(H,23,29)(H,24,28). The van der Waals surface area contributed by atoms with Gasteiger partial charge in [-0.3, -0.25) is 9.48 Å². The van der Waals surface area contributed by atoms with E-state index in [9.17, 15) is 9.59 Å². The molecule has 0 radical (unpaired) electrons. The average molecular weight is 416 g/mol. The number of nitrogens with one attached hydrogen (secondary N) is 2. The zero-order valence-electron chi connectivity index (χ0n) is 19.0. The van der Waals surface area contributed by atoms with Crippen LogP contribution in [0.2, 0.25) is 0 Å². The van der Waals surface area contributed by atoms with E-state index >= 15 is 0 Å². The molecule has 2 aromatic rings. The van der Waals surface area contributed by atoms with Crippen molar-refractivity contribution in [2.75, 3.05) is 37.4 Å². The highest BCUT2D eigenvalue weighted by Crippen LogP contribution is 2.23. The average Bonchev–Trinajstić information content (AvgIpc) is 3.01. The Morgan fingerprint density at radius 2 is 1.87 bits per heavy atom. The maximum absolute atomic E-state index is 12.8. The molecule has 0 aliphatic carbocycles. The molecule has 0 saturated heterocycles. The van der Waals surface area contributed by atoms with Crippen LogP contribution in [0.3, 0.4) is 0 Å². The Labute approximate surface area is 178 Å². The molecule has 1 heterocycles. The van der Waals surface area contributed by atoms with Crippen molar-refractivity contribution in [3.8, 4) is 0 Å². The first-order valence-electron chi connectivity index (χ1n) is 9.97. The predicted octanol–water partition coefficient (Wildman–Crippen LogP) is 3.45. The summed E-state index contributed by atoms with van der Waals surface area (Å²) in [5.74, 6) is 0.289. The molecule has 0 saturated carbocycles. The van der Waals surface area contributed by atoms with Crippen LogP contribution in [0.4, 0.5) is 16.3 Å². The van der Waals surface area contributed by atoms with Crippen LogP contribution in [0.5, 0.6) is 0 Å². The van der Waals surface area contributed by atoms with Crippen molar-refractivity contribution < 1.29 is 14.3 Å². The minimum atomic E-state index is -0.352. The van der Waals surface area contributed by atoms with Gasteiger partial charge >= 0.3 is 6.03 Å². The number of anilines is 2. The topological polar surface area (TPSA) is 88.5 Å². The molecule has 0 fully saturated rings. The van der Waals surface area contributed by atoms with E-state index in [-0.39, 0.29) is 23.9 Å². The van der Waals surface area contributed by atoms with Crippen molar-refractivity contribution in [3.63, 3.8) is 0 Å². The van der Waals surface area contributed by atoms with E-state index in [1.165, 1.54) is 4.90 Å². The molecule has 2 N–H and O–H groups in total. The number of hydrogen-bond acceptors (Lipinski definition) is 4. The van der Waals surface area contributed by atoms with Gasteiger partial charge in [-0.15, -0.1) is 0 Å². The van der Waals surface area contributed by atoms with E-state index in [2.05, 4.69) is 36.5 Å². The first kappa shape index (κ1) is 23.4. The number of ether oxygens (including phenoxy) is 1. The minimum Gasteiger partial charge on any atom is -0.383 e. The Hall–Kier alpha value is -2.87. The molecule has 8 nitrogen and oxygen atoms in total. The zero-order valence-corrected chi connectivity index (χ0v) is 19.0. The van der Waals surface area contributed by atoms with Crippen LogP contribution in [-0.4, -0.2) is 53.4 Å². The molecule has 0 atom stereocenters. The Morgan fingerprint density at radius 1 is 1.17 bits per heavy atom. The number of methoxy groups -OCH3 is 1. The minimum absolute atomic E-state index is 0.101. The predicted molar refractivity (Wildman–Crippen MR) is 119 cm³/mol. The molecule has 164 valence electrons. The van der Waals surface area contributed by atoms with Crippen LogP contribution >= 0.6 is 0 Å². The van der Waals surface area contributed by atoms with Crippen molar-refractivity contribution in [1.29, 1.82) is 0 Å². The zero-order chi connectivity index (χ0) is 22.5. The second-order valence-corrected chi connectivity index (χ2v) is 8.50. The van der Waals surface area contributed by atoms with Gasteiger partial charge in [0.1, 0.15) is 12.4 Å². The second kappa shape index (κ2) is 9.75. The maximum atomic E-state index is 12.8. The molecule has 30 heavy (non-hydrogen) atoms. The number of hydrogen-bond donors (Lipinski definition) is 2. The number of carbonyl (C=O) groups excluding carboxylic acids is 2. The van der Waals surface area contributed by atoms with E-state index in [4.69, 9.17) is 4.74 Å². The van der Waals surface area contributed by atoms with E-state index < -0.39 is 0 Å². The molecule has 0 spiro atoms. The number of amides is 3. The van der Waals surface area contributed by atoms with Crippen LogP contribution in [0.25, 0.3) is 0 Å². The summed E-state index contributed by atoms with van der Waals surface area (Å²) in [6, 6.07) is 7.30. The van der Waals surface area contributed by atoms with E-state index in [1.807, 2.05) is 38.1 Å². The van der Waals surface area contributed by atoms with Gasteiger partial charge in [0.15, 0.2) is 0 Å². The molecule has 3 amide bonds. The van der Waals surface area contributed by atoms with Gasteiger partial charge in [-0.05, 0) is 25.5 Å². The van der Waals surface area contributed by atoms with Crippen LogP contribution in [0.15, 0.2) is 24.3 Å².